The number of thioether (sulfide) groups is 1. The lowest BCUT2D eigenvalue weighted by molar-refractivity contribution is -0.146. The molecule has 7 unspecified atom stereocenters. The molecule has 2 aromatic rings. The normalized spacial score (nSPS) is 17.7. The Morgan fingerprint density at radius 3 is 2.04 bits per heavy atom. The van der Waals surface area contributed by atoms with Gasteiger partial charge < -0.3 is 30.5 Å². The van der Waals surface area contributed by atoms with Crippen molar-refractivity contribution < 1.29 is 23.9 Å². The van der Waals surface area contributed by atoms with E-state index in [1.807, 2.05) is 69.0 Å². The maximum absolute atomic E-state index is 14.4. The Bertz CT molecular complexity index is 1460. The van der Waals surface area contributed by atoms with Gasteiger partial charge in [0.2, 0.25) is 23.6 Å². The van der Waals surface area contributed by atoms with Crippen LogP contribution in [0.5, 0.6) is 0 Å². The quantitative estimate of drug-likeness (QED) is 0.132. The predicted octanol–water partition coefficient (Wildman–Crippen LogP) is 5.73. The Hall–Kier alpha value is -3.41. The lowest BCUT2D eigenvalue weighted by Crippen LogP contribution is -2.59. The third-order valence-corrected chi connectivity index (χ3v) is 12.5. The number of carbonyl (C=O) groups excluding carboxylic acids is 4. The summed E-state index contributed by atoms with van der Waals surface area (Å²) in [5.74, 6) is 0.324. The highest BCUT2D eigenvalue weighted by Gasteiger charge is 2.41. The average Bonchev–Trinajstić information content (AvgIpc) is 3.67. The number of amides is 4. The number of nitrogens with zero attached hydrogens (tertiary/aromatic N) is 2. The van der Waals surface area contributed by atoms with E-state index in [-0.39, 0.29) is 59.1 Å². The summed E-state index contributed by atoms with van der Waals surface area (Å²) in [5.41, 5.74) is 2.43. The molecule has 0 saturated carbocycles. The highest BCUT2D eigenvalue weighted by molar-refractivity contribution is 8.00. The van der Waals surface area contributed by atoms with Gasteiger partial charge in [-0.2, -0.15) is 11.8 Å². The van der Waals surface area contributed by atoms with Gasteiger partial charge in [0.15, 0.2) is 0 Å². The van der Waals surface area contributed by atoms with Crippen LogP contribution in [-0.4, -0.2) is 109 Å². The first-order valence-electron chi connectivity index (χ1n) is 20.3. The van der Waals surface area contributed by atoms with Crippen molar-refractivity contribution in [1.29, 1.82) is 0 Å². The van der Waals surface area contributed by atoms with E-state index < -0.39 is 24.2 Å². The Balaban J connectivity index is 1.78. The van der Waals surface area contributed by atoms with Crippen LogP contribution in [0.1, 0.15) is 84.8 Å². The minimum atomic E-state index is -0.734. The Labute approximate surface area is 335 Å². The molecule has 1 aliphatic rings. The van der Waals surface area contributed by atoms with E-state index >= 15 is 0 Å². The Kier molecular flexibility index (Phi) is 19.7. The number of likely N-dealkylation sites (tertiary alicyclic amines) is 1. The first kappa shape index (κ1) is 46.0. The molecule has 0 aliphatic carbocycles. The molecule has 0 aromatic heterocycles. The number of hydrogen-bond donors (Lipinski definition) is 3. The molecule has 1 heterocycles. The van der Waals surface area contributed by atoms with Crippen molar-refractivity contribution in [3.05, 3.63) is 71.8 Å². The zero-order chi connectivity index (χ0) is 40.5. The van der Waals surface area contributed by atoms with E-state index in [1.165, 1.54) is 11.1 Å². The first-order chi connectivity index (χ1) is 26.3. The third-order valence-electron chi connectivity index (χ3n) is 11.2. The molecule has 1 saturated heterocycles. The summed E-state index contributed by atoms with van der Waals surface area (Å²) >= 11 is 1.78. The van der Waals surface area contributed by atoms with Crippen molar-refractivity contribution in [1.82, 2.24) is 25.8 Å². The van der Waals surface area contributed by atoms with E-state index in [9.17, 15) is 19.2 Å². The standard InChI is InChI=1S/C44H69N5O5S/c1-10-32(6)42(48(8)44(53)41(31(4)5)47-43(52)40(45-7)30(2)3)36(54-9)28-39(51)49-26-17-22-35(49)37(55-27-24-34-20-15-12-16-21-34)29-38(50)46-25-23-33-18-13-11-14-19-33/h11-16,18-21,30-32,35-37,40-42,45H,10,17,22-29H2,1-9H3,(H,46,50)(H,47,52). The molecule has 1 fully saturated rings. The first-order valence-corrected chi connectivity index (χ1v) is 21.4. The zero-order valence-electron chi connectivity index (χ0n) is 34.9. The van der Waals surface area contributed by atoms with Crippen LogP contribution in [0.4, 0.5) is 0 Å². The van der Waals surface area contributed by atoms with E-state index in [4.69, 9.17) is 4.74 Å². The molecule has 2 aromatic carbocycles. The number of benzene rings is 2. The van der Waals surface area contributed by atoms with Gasteiger partial charge in [0.25, 0.3) is 0 Å². The lowest BCUT2D eigenvalue weighted by atomic mass is 9.89. The van der Waals surface area contributed by atoms with Crippen molar-refractivity contribution in [3.63, 3.8) is 0 Å². The van der Waals surface area contributed by atoms with Gasteiger partial charge in [0.1, 0.15) is 6.04 Å². The minimum Gasteiger partial charge on any atom is -0.379 e. The summed E-state index contributed by atoms with van der Waals surface area (Å²) in [6.45, 7) is 13.1. The molecule has 0 spiro atoms. The van der Waals surface area contributed by atoms with Crippen LogP contribution in [0.15, 0.2) is 60.7 Å². The van der Waals surface area contributed by atoms with Gasteiger partial charge in [-0.3, -0.25) is 19.2 Å². The maximum atomic E-state index is 14.4. The van der Waals surface area contributed by atoms with Crippen LogP contribution in [0, 0.1) is 17.8 Å². The van der Waals surface area contributed by atoms with Crippen LogP contribution in [0.25, 0.3) is 0 Å². The van der Waals surface area contributed by atoms with Crippen molar-refractivity contribution in [2.24, 2.45) is 17.8 Å². The second kappa shape index (κ2) is 23.6. The predicted molar refractivity (Wildman–Crippen MR) is 225 cm³/mol. The SMILES string of the molecule is CCC(C)C(C(CC(=O)N1CCCC1C(CC(=O)NCCc1ccccc1)SCCc1ccccc1)OC)N(C)C(=O)C(NC(=O)C(NC)C(C)C)C(C)C. The molecule has 55 heavy (non-hydrogen) atoms. The molecule has 3 N–H and O–H groups in total. The summed E-state index contributed by atoms with van der Waals surface area (Å²) in [4.78, 5) is 58.9. The third kappa shape index (κ3) is 13.9. The summed E-state index contributed by atoms with van der Waals surface area (Å²) in [6.07, 6.45) is 3.99. The summed E-state index contributed by atoms with van der Waals surface area (Å²) in [7, 11) is 5.13. The van der Waals surface area contributed by atoms with Crippen molar-refractivity contribution in [2.75, 3.05) is 40.0 Å². The molecule has 11 heteroatoms. The van der Waals surface area contributed by atoms with Gasteiger partial charge in [0, 0.05) is 45.0 Å². The van der Waals surface area contributed by atoms with Crippen LogP contribution in [-0.2, 0) is 36.8 Å². The topological polar surface area (TPSA) is 120 Å². The molecule has 4 amide bonds. The van der Waals surface area contributed by atoms with E-state index in [2.05, 4.69) is 54.1 Å². The summed E-state index contributed by atoms with van der Waals surface area (Å²) < 4.78 is 6.09. The van der Waals surface area contributed by atoms with Gasteiger partial charge in [0.05, 0.1) is 24.6 Å². The molecular weight excluding hydrogens is 711 g/mol. The second-order valence-electron chi connectivity index (χ2n) is 15.8. The van der Waals surface area contributed by atoms with Crippen molar-refractivity contribution in [2.45, 2.75) is 122 Å². The average molecular weight is 780 g/mol. The van der Waals surface area contributed by atoms with E-state index in [1.54, 1.807) is 37.9 Å². The molecule has 0 radical (unpaired) electrons. The van der Waals surface area contributed by atoms with Crippen LogP contribution in [0.2, 0.25) is 0 Å². The molecule has 7 atom stereocenters. The fourth-order valence-corrected chi connectivity index (χ4v) is 9.21. The second-order valence-corrected chi connectivity index (χ2v) is 17.1. The van der Waals surface area contributed by atoms with Gasteiger partial charge in [-0.15, -0.1) is 0 Å². The minimum absolute atomic E-state index is 0.000381. The molecule has 1 aliphatic heterocycles. The molecule has 0 bridgehead atoms. The van der Waals surface area contributed by atoms with Gasteiger partial charge in [-0.25, -0.2) is 0 Å². The van der Waals surface area contributed by atoms with Crippen molar-refractivity contribution in [3.8, 4) is 0 Å². The number of aryl methyl sites for hydroxylation is 1. The summed E-state index contributed by atoms with van der Waals surface area (Å²) in [5, 5.41) is 9.17. The highest BCUT2D eigenvalue weighted by Crippen LogP contribution is 2.32. The number of rotatable bonds is 23. The molecule has 306 valence electrons. The van der Waals surface area contributed by atoms with Gasteiger partial charge in [-0.05, 0) is 67.4 Å². The lowest BCUT2D eigenvalue weighted by Gasteiger charge is -2.40. The zero-order valence-corrected chi connectivity index (χ0v) is 35.7. The number of hydrogen-bond acceptors (Lipinski definition) is 7. The van der Waals surface area contributed by atoms with E-state index in [0.717, 1.165) is 37.9 Å². The fourth-order valence-electron chi connectivity index (χ4n) is 7.78. The summed E-state index contributed by atoms with van der Waals surface area (Å²) in [6, 6.07) is 18.8. The van der Waals surface area contributed by atoms with Crippen LogP contribution < -0.4 is 16.0 Å². The van der Waals surface area contributed by atoms with Gasteiger partial charge in [-0.1, -0.05) is 109 Å². The number of nitrogens with one attached hydrogen (secondary N) is 3. The van der Waals surface area contributed by atoms with Crippen molar-refractivity contribution >= 4 is 35.4 Å². The smallest absolute Gasteiger partial charge is 0.245 e. The molecule has 10 nitrogen and oxygen atoms in total. The molecular formula is C44H69N5O5S. The van der Waals surface area contributed by atoms with Crippen LogP contribution in [0.3, 0.4) is 0 Å². The Morgan fingerprint density at radius 1 is 0.891 bits per heavy atom. The highest BCUT2D eigenvalue weighted by atomic mass is 32.2. The fraction of sp³-hybridized carbons (Fsp3) is 0.636. The van der Waals surface area contributed by atoms with Gasteiger partial charge >= 0.3 is 0 Å². The monoisotopic (exact) mass is 780 g/mol. The maximum Gasteiger partial charge on any atom is 0.245 e. The largest absolute Gasteiger partial charge is 0.379 e. The van der Waals surface area contributed by atoms with E-state index in [0.29, 0.717) is 19.5 Å². The molecule has 3 rings (SSSR count). The van der Waals surface area contributed by atoms with Crippen LogP contribution >= 0.6 is 11.8 Å². The number of ether oxygens (including phenoxy) is 1. The number of carbonyl (C=O) groups is 4. The number of likely N-dealkylation sites (N-methyl/N-ethyl adjacent to an activating group) is 2. The number of methoxy groups -OCH3 is 1. The Morgan fingerprint density at radius 2 is 1.49 bits per heavy atom.